The second-order valence-corrected chi connectivity index (χ2v) is 9.76. The van der Waals surface area contributed by atoms with Gasteiger partial charge in [-0.15, -0.1) is 34.9 Å². The summed E-state index contributed by atoms with van der Waals surface area (Å²) in [6, 6.07) is 0.849. The van der Waals surface area contributed by atoms with E-state index in [1.807, 2.05) is 6.20 Å². The molecule has 2 aromatic heterocycles. The van der Waals surface area contributed by atoms with E-state index in [4.69, 9.17) is 5.73 Å². The lowest BCUT2D eigenvalue weighted by molar-refractivity contribution is -0.150. The van der Waals surface area contributed by atoms with Gasteiger partial charge in [0.15, 0.2) is 10.8 Å². The van der Waals surface area contributed by atoms with Gasteiger partial charge in [0, 0.05) is 34.2 Å². The second kappa shape index (κ2) is 9.22. The highest BCUT2D eigenvalue weighted by molar-refractivity contribution is 8.06. The van der Waals surface area contributed by atoms with Crippen LogP contribution in [-0.4, -0.2) is 76.4 Å². The highest BCUT2D eigenvalue weighted by atomic mass is 32.2. The van der Waals surface area contributed by atoms with Crippen LogP contribution in [0.2, 0.25) is 0 Å². The van der Waals surface area contributed by atoms with E-state index in [0.717, 1.165) is 11.3 Å². The molecule has 168 valence electrons. The van der Waals surface area contributed by atoms with Crippen LogP contribution in [0.15, 0.2) is 39.6 Å². The van der Waals surface area contributed by atoms with E-state index in [2.05, 4.69) is 20.6 Å². The first kappa shape index (κ1) is 22.2. The zero-order valence-electron chi connectivity index (χ0n) is 16.2. The molecule has 0 spiro atoms. The molecule has 2 aromatic rings. The maximum absolute atomic E-state index is 12.7. The highest BCUT2D eigenvalue weighted by Gasteiger charge is 2.54. The number of hydrogen-bond donors (Lipinski definition) is 4. The van der Waals surface area contributed by atoms with Gasteiger partial charge >= 0.3 is 5.97 Å². The van der Waals surface area contributed by atoms with Gasteiger partial charge in [0.1, 0.15) is 22.8 Å². The Balaban J connectivity index is 1.44. The van der Waals surface area contributed by atoms with E-state index < -0.39 is 29.2 Å². The van der Waals surface area contributed by atoms with E-state index >= 15 is 0 Å². The van der Waals surface area contributed by atoms with Crippen LogP contribution >= 0.6 is 34.9 Å². The highest BCUT2D eigenvalue weighted by Crippen LogP contribution is 2.43. The number of oxime groups is 1. The zero-order valence-corrected chi connectivity index (χ0v) is 18.7. The number of rotatable bonds is 8. The number of nitrogens with zero attached hydrogens (tertiary/aromatic N) is 5. The minimum Gasteiger partial charge on any atom is -0.477 e. The molecule has 0 unspecified atom stereocenters. The van der Waals surface area contributed by atoms with Gasteiger partial charge in [0.05, 0.1) is 6.54 Å². The second-order valence-electron chi connectivity index (χ2n) is 6.58. The molecule has 15 heteroatoms. The monoisotopic (exact) mass is 495 g/mol. The Kier molecular flexibility index (Phi) is 6.38. The topological polar surface area (TPSA) is 176 Å². The molecule has 0 aliphatic carbocycles. The van der Waals surface area contributed by atoms with Gasteiger partial charge in [-0.3, -0.25) is 19.2 Å². The van der Waals surface area contributed by atoms with Crippen molar-refractivity contribution in [1.82, 2.24) is 25.0 Å². The number of aromatic nitrogens is 3. The van der Waals surface area contributed by atoms with E-state index in [0.29, 0.717) is 23.0 Å². The normalized spacial score (nSPS) is 20.7. The van der Waals surface area contributed by atoms with Gasteiger partial charge in [-0.1, -0.05) is 5.16 Å². The maximum Gasteiger partial charge on any atom is 0.353 e. The van der Waals surface area contributed by atoms with Gasteiger partial charge in [-0.05, 0) is 6.07 Å². The number of thiazole rings is 1. The van der Waals surface area contributed by atoms with Crippen molar-refractivity contribution in [3.8, 4) is 0 Å². The number of anilines is 1. The third kappa shape index (κ3) is 4.18. The van der Waals surface area contributed by atoms with Crippen molar-refractivity contribution in [2.75, 3.05) is 17.2 Å². The molecule has 2 atom stereocenters. The minimum absolute atomic E-state index is 0.0713. The van der Waals surface area contributed by atoms with Crippen molar-refractivity contribution in [1.29, 1.82) is 0 Å². The Morgan fingerprint density at radius 2 is 2.25 bits per heavy atom. The van der Waals surface area contributed by atoms with Crippen molar-refractivity contribution >= 4 is 63.5 Å². The average Bonchev–Trinajstić information content (AvgIpc) is 3.44. The number of carboxylic acid groups (broad SMARTS) is 1. The molecule has 2 aliphatic rings. The van der Waals surface area contributed by atoms with Crippen molar-refractivity contribution in [3.05, 3.63) is 40.1 Å². The number of thioether (sulfide) groups is 2. The molecule has 12 nitrogen and oxygen atoms in total. The Labute approximate surface area is 193 Å². The maximum atomic E-state index is 12.7. The summed E-state index contributed by atoms with van der Waals surface area (Å²) in [5.74, 6) is -1.58. The summed E-state index contributed by atoms with van der Waals surface area (Å²) in [6.07, 6.45) is 3.48. The number of aliphatic carboxylic acids is 1. The van der Waals surface area contributed by atoms with Crippen LogP contribution < -0.4 is 11.1 Å². The number of β-lactam (4-membered cyclic amide) rings is 1. The number of nitrogen functional groups attached to an aromatic ring is 1. The molecular formula is C17H17N7O5S3. The molecule has 4 heterocycles. The number of carboxylic acids is 1. The first-order valence-corrected chi connectivity index (χ1v) is 12.1. The van der Waals surface area contributed by atoms with Gasteiger partial charge in [-0.25, -0.2) is 9.78 Å². The van der Waals surface area contributed by atoms with E-state index in [9.17, 15) is 24.7 Å². The molecule has 0 saturated carbocycles. The molecule has 5 N–H and O–H groups in total. The Morgan fingerprint density at radius 1 is 1.44 bits per heavy atom. The summed E-state index contributed by atoms with van der Waals surface area (Å²) in [5, 5.41) is 29.6. The minimum atomic E-state index is -1.20. The predicted octanol–water partition coefficient (Wildman–Crippen LogP) is 0.230. The van der Waals surface area contributed by atoms with Gasteiger partial charge < -0.3 is 21.4 Å². The van der Waals surface area contributed by atoms with Gasteiger partial charge in [0.25, 0.3) is 11.8 Å². The number of carbonyl (C=O) groups is 3. The molecule has 4 rings (SSSR count). The Hall–Kier alpha value is -3.04. The molecule has 1 saturated heterocycles. The summed E-state index contributed by atoms with van der Waals surface area (Å²) >= 11 is 3.78. The summed E-state index contributed by atoms with van der Waals surface area (Å²) < 4.78 is 1.74. The SMILES string of the molecule is Nc1nc(/C(=N/O)C(=O)N[C@@H]2C(=O)N3C(C(=O)O)=C(SCCn4cccn4)CS[C@H]23)cs1. The van der Waals surface area contributed by atoms with E-state index in [1.54, 1.807) is 16.9 Å². The number of carbonyl (C=O) groups excluding carboxylic acids is 2. The molecular weight excluding hydrogens is 478 g/mol. The fourth-order valence-electron chi connectivity index (χ4n) is 3.22. The lowest BCUT2D eigenvalue weighted by atomic mass is 10.0. The fraction of sp³-hybridized carbons (Fsp3) is 0.294. The van der Waals surface area contributed by atoms with Crippen LogP contribution in [0.5, 0.6) is 0 Å². The first-order valence-electron chi connectivity index (χ1n) is 9.16. The number of nitrogens with one attached hydrogen (secondary N) is 1. The van der Waals surface area contributed by atoms with Crippen LogP contribution in [0, 0.1) is 0 Å². The largest absolute Gasteiger partial charge is 0.477 e. The van der Waals surface area contributed by atoms with Crippen molar-refractivity contribution in [2.24, 2.45) is 5.16 Å². The first-order chi connectivity index (χ1) is 15.4. The third-order valence-corrected chi connectivity index (χ3v) is 7.87. The molecule has 2 aliphatic heterocycles. The Bertz CT molecular complexity index is 1110. The molecule has 1 fully saturated rings. The van der Waals surface area contributed by atoms with Crippen LogP contribution in [0.1, 0.15) is 5.69 Å². The van der Waals surface area contributed by atoms with Crippen molar-refractivity contribution < 1.29 is 24.7 Å². The molecule has 0 aromatic carbocycles. The number of nitrogens with two attached hydrogens (primary N) is 1. The van der Waals surface area contributed by atoms with Crippen LogP contribution in [0.3, 0.4) is 0 Å². The smallest absolute Gasteiger partial charge is 0.353 e. The standard InChI is InChI=1S/C17H17N7O5S3/c18-17-20-8(6-32-17)10(22-29)13(25)21-11-14(26)24-12(16(27)28)9(7-31-15(11)24)30-5-4-23-3-1-2-19-23/h1-3,6,11,15,29H,4-5,7H2,(H2,18,20)(H,21,25)(H,27,28)/b22-10-/t11-,15-/m1/s1. The summed E-state index contributed by atoms with van der Waals surface area (Å²) in [6.45, 7) is 0.596. The number of aryl methyl sites for hydroxylation is 1. The van der Waals surface area contributed by atoms with E-state index in [-0.39, 0.29) is 22.2 Å². The summed E-state index contributed by atoms with van der Waals surface area (Å²) in [4.78, 5) is 42.9. The van der Waals surface area contributed by atoms with Gasteiger partial charge in [-0.2, -0.15) is 5.10 Å². The lowest BCUT2D eigenvalue weighted by Crippen LogP contribution is -2.71. The van der Waals surface area contributed by atoms with Crippen molar-refractivity contribution in [3.63, 3.8) is 0 Å². The number of hydrogen-bond acceptors (Lipinski definition) is 11. The lowest BCUT2D eigenvalue weighted by Gasteiger charge is -2.49. The quantitative estimate of drug-likeness (QED) is 0.172. The predicted molar refractivity (Wildman–Crippen MR) is 119 cm³/mol. The van der Waals surface area contributed by atoms with E-state index in [1.165, 1.54) is 33.8 Å². The number of amides is 2. The molecule has 0 bridgehead atoms. The van der Waals surface area contributed by atoms with Gasteiger partial charge in [0.2, 0.25) is 0 Å². The summed E-state index contributed by atoms with van der Waals surface area (Å²) in [7, 11) is 0. The zero-order chi connectivity index (χ0) is 22.8. The van der Waals surface area contributed by atoms with Crippen LogP contribution in [-0.2, 0) is 20.9 Å². The molecule has 2 amide bonds. The third-order valence-electron chi connectivity index (χ3n) is 4.66. The Morgan fingerprint density at radius 3 is 2.88 bits per heavy atom. The average molecular weight is 496 g/mol. The number of fused-ring (bicyclic) bond motifs is 1. The molecule has 0 radical (unpaired) electrons. The summed E-state index contributed by atoms with van der Waals surface area (Å²) in [5.41, 5.74) is 5.17. The molecule has 32 heavy (non-hydrogen) atoms. The van der Waals surface area contributed by atoms with Crippen LogP contribution in [0.25, 0.3) is 0 Å². The fourth-order valence-corrected chi connectivity index (χ4v) is 6.34. The van der Waals surface area contributed by atoms with Crippen molar-refractivity contribution in [2.45, 2.75) is 18.0 Å². The van der Waals surface area contributed by atoms with Crippen LogP contribution in [0.4, 0.5) is 5.13 Å².